The van der Waals surface area contributed by atoms with Gasteiger partial charge in [-0.1, -0.05) is 12.1 Å². The van der Waals surface area contributed by atoms with Crippen LogP contribution in [-0.4, -0.2) is 45.1 Å². The number of aromatic nitrogens is 2. The molecule has 23 heavy (non-hydrogen) atoms. The number of aliphatic hydroxyl groups excluding tert-OH is 1. The lowest BCUT2D eigenvalue weighted by atomic mass is 10.0. The fraction of sp³-hybridized carbons (Fsp3) is 0.353. The summed E-state index contributed by atoms with van der Waals surface area (Å²) in [6.45, 7) is 0.697. The van der Waals surface area contributed by atoms with Gasteiger partial charge in [-0.15, -0.1) is 0 Å². The molecule has 2 aromatic rings. The van der Waals surface area contributed by atoms with E-state index in [1.807, 2.05) is 12.1 Å². The molecule has 0 saturated carbocycles. The van der Waals surface area contributed by atoms with E-state index in [0.717, 1.165) is 30.4 Å². The van der Waals surface area contributed by atoms with E-state index in [1.54, 1.807) is 23.2 Å². The van der Waals surface area contributed by atoms with Gasteiger partial charge in [0.05, 0.1) is 12.6 Å². The van der Waals surface area contributed by atoms with Gasteiger partial charge in [0.15, 0.2) is 0 Å². The van der Waals surface area contributed by atoms with Gasteiger partial charge in [-0.3, -0.25) is 4.79 Å². The van der Waals surface area contributed by atoms with Crippen molar-refractivity contribution in [1.82, 2.24) is 14.9 Å². The summed E-state index contributed by atoms with van der Waals surface area (Å²) in [5.74, 6) is -0.0464. The maximum Gasteiger partial charge on any atom is 0.344 e. The molecule has 1 aliphatic heterocycles. The summed E-state index contributed by atoms with van der Waals surface area (Å²) >= 11 is 0. The Kier molecular flexibility index (Phi) is 4.52. The minimum Gasteiger partial charge on any atom is -0.394 e. The van der Waals surface area contributed by atoms with E-state index in [4.69, 9.17) is 0 Å². The zero-order chi connectivity index (χ0) is 16.2. The molecular weight excluding hydrogens is 294 g/mol. The lowest BCUT2D eigenvalue weighted by Gasteiger charge is -2.34. The van der Waals surface area contributed by atoms with Crippen molar-refractivity contribution in [3.8, 4) is 11.1 Å². The Labute approximate surface area is 133 Å². The van der Waals surface area contributed by atoms with Crippen LogP contribution in [0.2, 0.25) is 0 Å². The molecule has 1 atom stereocenters. The number of nitrogens with zero attached hydrogens (tertiary/aromatic N) is 2. The van der Waals surface area contributed by atoms with Crippen LogP contribution >= 0.6 is 0 Å². The molecular formula is C17H19N3O3. The van der Waals surface area contributed by atoms with Crippen LogP contribution in [0.25, 0.3) is 11.1 Å². The number of rotatable bonds is 3. The van der Waals surface area contributed by atoms with Gasteiger partial charge in [0.2, 0.25) is 0 Å². The van der Waals surface area contributed by atoms with Crippen molar-refractivity contribution in [3.63, 3.8) is 0 Å². The van der Waals surface area contributed by atoms with Crippen LogP contribution in [0.15, 0.2) is 41.5 Å². The third-order valence-electron chi connectivity index (χ3n) is 4.24. The minimum absolute atomic E-state index is 0.00682. The number of amides is 1. The molecule has 2 N–H and O–H groups in total. The second-order valence-electron chi connectivity index (χ2n) is 5.72. The van der Waals surface area contributed by atoms with Crippen LogP contribution in [0.1, 0.15) is 29.6 Å². The molecule has 1 amide bonds. The number of likely N-dealkylation sites (tertiary alicyclic amines) is 1. The molecule has 0 spiro atoms. The quantitative estimate of drug-likeness (QED) is 0.897. The summed E-state index contributed by atoms with van der Waals surface area (Å²) in [6, 6.07) is 7.12. The Balaban J connectivity index is 1.79. The van der Waals surface area contributed by atoms with E-state index >= 15 is 0 Å². The highest BCUT2D eigenvalue weighted by Crippen LogP contribution is 2.22. The lowest BCUT2D eigenvalue weighted by Crippen LogP contribution is -2.45. The van der Waals surface area contributed by atoms with Crippen molar-refractivity contribution in [2.75, 3.05) is 13.2 Å². The maximum atomic E-state index is 12.6. The summed E-state index contributed by atoms with van der Waals surface area (Å²) < 4.78 is 0. The average Bonchev–Trinajstić information content (AvgIpc) is 2.62. The van der Waals surface area contributed by atoms with Crippen LogP contribution in [0.3, 0.4) is 0 Å². The van der Waals surface area contributed by atoms with E-state index in [1.165, 1.54) is 6.20 Å². The average molecular weight is 313 g/mol. The van der Waals surface area contributed by atoms with Gasteiger partial charge in [-0.25, -0.2) is 9.78 Å². The standard InChI is InChI=1S/C17H19N3O3/c21-11-15-3-1-2-8-20(15)16(22)13-6-4-12(5-7-13)14-9-18-17(23)19-10-14/h4-7,9-10,15,21H,1-3,8,11H2,(H,18,19,23)/t15-/m0/s1. The molecule has 0 aliphatic carbocycles. The van der Waals surface area contributed by atoms with Gasteiger partial charge in [0.1, 0.15) is 0 Å². The fourth-order valence-electron chi connectivity index (χ4n) is 2.93. The van der Waals surface area contributed by atoms with Gasteiger partial charge >= 0.3 is 5.69 Å². The number of nitrogens with one attached hydrogen (secondary N) is 1. The Morgan fingerprint density at radius 1 is 1.26 bits per heavy atom. The van der Waals surface area contributed by atoms with E-state index in [9.17, 15) is 14.7 Å². The fourth-order valence-corrected chi connectivity index (χ4v) is 2.93. The molecule has 1 fully saturated rings. The molecule has 0 radical (unpaired) electrons. The SMILES string of the molecule is O=C(c1ccc(-c2cnc(=O)[nH]c2)cc1)N1CCCC[C@H]1CO. The second-order valence-corrected chi connectivity index (χ2v) is 5.72. The molecule has 1 aromatic carbocycles. The van der Waals surface area contributed by atoms with Crippen molar-refractivity contribution in [3.05, 3.63) is 52.7 Å². The third kappa shape index (κ3) is 3.32. The van der Waals surface area contributed by atoms with Crippen LogP contribution in [-0.2, 0) is 0 Å². The van der Waals surface area contributed by atoms with Gasteiger partial charge in [-0.05, 0) is 37.0 Å². The molecule has 6 nitrogen and oxygen atoms in total. The topological polar surface area (TPSA) is 86.3 Å². The monoisotopic (exact) mass is 313 g/mol. The summed E-state index contributed by atoms with van der Waals surface area (Å²) in [5.41, 5.74) is 1.88. The Hall–Kier alpha value is -2.47. The number of carbonyl (C=O) groups excluding carboxylic acids is 1. The number of H-pyrrole nitrogens is 1. The predicted molar refractivity (Wildman–Crippen MR) is 86.1 cm³/mol. The highest BCUT2D eigenvalue weighted by atomic mass is 16.3. The summed E-state index contributed by atoms with van der Waals surface area (Å²) in [6.07, 6.45) is 5.97. The van der Waals surface area contributed by atoms with Gasteiger partial charge < -0.3 is 15.0 Å². The van der Waals surface area contributed by atoms with Crippen LogP contribution in [0, 0.1) is 0 Å². The van der Waals surface area contributed by atoms with Crippen LogP contribution in [0.4, 0.5) is 0 Å². The Morgan fingerprint density at radius 3 is 2.70 bits per heavy atom. The lowest BCUT2D eigenvalue weighted by molar-refractivity contribution is 0.0503. The van der Waals surface area contributed by atoms with Crippen molar-refractivity contribution in [2.45, 2.75) is 25.3 Å². The number of piperidine rings is 1. The van der Waals surface area contributed by atoms with Crippen molar-refractivity contribution < 1.29 is 9.90 Å². The second kappa shape index (κ2) is 6.75. The van der Waals surface area contributed by atoms with Gasteiger partial charge in [0.25, 0.3) is 5.91 Å². The predicted octanol–water partition coefficient (Wildman–Crippen LogP) is 1.42. The highest BCUT2D eigenvalue weighted by molar-refractivity contribution is 5.95. The number of hydrogen-bond acceptors (Lipinski definition) is 4. The summed E-state index contributed by atoms with van der Waals surface area (Å²) in [5, 5.41) is 9.44. The van der Waals surface area contributed by atoms with E-state index in [0.29, 0.717) is 12.1 Å². The number of hydrogen-bond donors (Lipinski definition) is 2. The first kappa shape index (κ1) is 15.4. The molecule has 6 heteroatoms. The first-order chi connectivity index (χ1) is 11.2. The van der Waals surface area contributed by atoms with E-state index < -0.39 is 0 Å². The largest absolute Gasteiger partial charge is 0.394 e. The zero-order valence-electron chi connectivity index (χ0n) is 12.7. The molecule has 0 bridgehead atoms. The van der Waals surface area contributed by atoms with Gasteiger partial charge in [-0.2, -0.15) is 0 Å². The van der Waals surface area contributed by atoms with Gasteiger partial charge in [0, 0.05) is 30.1 Å². The first-order valence-electron chi connectivity index (χ1n) is 7.76. The summed E-state index contributed by atoms with van der Waals surface area (Å²) in [4.78, 5) is 31.6. The molecule has 0 unspecified atom stereocenters. The normalized spacial score (nSPS) is 18.0. The van der Waals surface area contributed by atoms with Crippen molar-refractivity contribution in [2.24, 2.45) is 0 Å². The van der Waals surface area contributed by atoms with E-state index in [2.05, 4.69) is 9.97 Å². The Bertz CT molecular complexity index is 719. The summed E-state index contributed by atoms with van der Waals surface area (Å²) in [7, 11) is 0. The van der Waals surface area contributed by atoms with Crippen LogP contribution < -0.4 is 5.69 Å². The van der Waals surface area contributed by atoms with Crippen LogP contribution in [0.5, 0.6) is 0 Å². The number of carbonyl (C=O) groups is 1. The molecule has 1 aliphatic rings. The van der Waals surface area contributed by atoms with Crippen molar-refractivity contribution >= 4 is 5.91 Å². The molecule has 3 rings (SSSR count). The first-order valence-corrected chi connectivity index (χ1v) is 7.76. The smallest absolute Gasteiger partial charge is 0.344 e. The highest BCUT2D eigenvalue weighted by Gasteiger charge is 2.26. The number of aromatic amines is 1. The zero-order valence-corrected chi connectivity index (χ0v) is 12.7. The Morgan fingerprint density at radius 2 is 2.04 bits per heavy atom. The number of aliphatic hydroxyl groups is 1. The van der Waals surface area contributed by atoms with Crippen molar-refractivity contribution in [1.29, 1.82) is 0 Å². The molecule has 120 valence electrons. The minimum atomic E-state index is -0.388. The third-order valence-corrected chi connectivity index (χ3v) is 4.24. The molecule has 2 heterocycles. The molecule has 1 aromatic heterocycles. The van der Waals surface area contributed by atoms with E-state index in [-0.39, 0.29) is 24.2 Å². The maximum absolute atomic E-state index is 12.6. The molecule has 1 saturated heterocycles. The number of benzene rings is 1.